The van der Waals surface area contributed by atoms with Crippen molar-refractivity contribution in [2.45, 2.75) is 13.8 Å². The predicted molar refractivity (Wildman–Crippen MR) is 80.5 cm³/mol. The van der Waals surface area contributed by atoms with Crippen LogP contribution in [0.2, 0.25) is 0 Å². The van der Waals surface area contributed by atoms with Crippen molar-refractivity contribution in [1.29, 1.82) is 0 Å². The Kier molecular flexibility index (Phi) is 3.21. The van der Waals surface area contributed by atoms with Crippen molar-refractivity contribution in [3.8, 4) is 0 Å². The largest absolute Gasteiger partial charge is 0.459 e. The summed E-state index contributed by atoms with van der Waals surface area (Å²) in [6.45, 7) is 4.23. The van der Waals surface area contributed by atoms with Crippen LogP contribution >= 0.6 is 0 Å². The molecular weight excluding hydrogens is 270 g/mol. The number of fused-ring (bicyclic) bond motifs is 1. The van der Waals surface area contributed by atoms with Gasteiger partial charge in [0.15, 0.2) is 0 Å². The maximum absolute atomic E-state index is 12.5. The van der Waals surface area contributed by atoms with Gasteiger partial charge in [0.25, 0.3) is 0 Å². The number of guanidine groups is 1. The molecule has 6 heteroatoms. The average molecular weight is 285 g/mol. The molecule has 2 aromatic rings. The second-order valence-corrected chi connectivity index (χ2v) is 4.86. The summed E-state index contributed by atoms with van der Waals surface area (Å²) >= 11 is 0. The molecule has 0 bridgehead atoms. The van der Waals surface area contributed by atoms with E-state index in [1.54, 1.807) is 25.1 Å². The Labute approximate surface area is 121 Å². The minimum absolute atomic E-state index is 0.110. The number of nitrogens with one attached hydrogen (secondary N) is 1. The van der Waals surface area contributed by atoms with Gasteiger partial charge in [0.05, 0.1) is 11.9 Å². The van der Waals surface area contributed by atoms with Crippen molar-refractivity contribution < 1.29 is 9.21 Å². The molecule has 1 aromatic carbocycles. The zero-order valence-corrected chi connectivity index (χ0v) is 11.8. The number of hydrogen-bond donors (Lipinski definition) is 1. The van der Waals surface area contributed by atoms with Crippen LogP contribution in [0.1, 0.15) is 12.7 Å². The summed E-state index contributed by atoms with van der Waals surface area (Å²) in [5.41, 5.74) is 0.704. The molecule has 108 valence electrons. The van der Waals surface area contributed by atoms with Gasteiger partial charge in [-0.25, -0.2) is 0 Å². The van der Waals surface area contributed by atoms with E-state index in [2.05, 4.69) is 10.3 Å². The van der Waals surface area contributed by atoms with Gasteiger partial charge < -0.3 is 9.73 Å². The van der Waals surface area contributed by atoms with Gasteiger partial charge in [-0.15, -0.1) is 0 Å². The first-order valence-corrected chi connectivity index (χ1v) is 6.70. The molecule has 1 N–H and O–H groups in total. The van der Waals surface area contributed by atoms with E-state index < -0.39 is 0 Å². The molecule has 0 aliphatic carbocycles. The van der Waals surface area contributed by atoms with Gasteiger partial charge in [-0.05, 0) is 19.1 Å². The van der Waals surface area contributed by atoms with Crippen molar-refractivity contribution in [1.82, 2.24) is 4.90 Å². The number of carbonyl (C=O) groups is 1. The minimum Gasteiger partial charge on any atom is -0.459 e. The molecule has 0 radical (unpaired) electrons. The Hall–Kier alpha value is -2.63. The zero-order chi connectivity index (χ0) is 15.0. The smallest absolute Gasteiger partial charge is 0.226 e. The highest BCUT2D eigenvalue weighted by Gasteiger charge is 2.23. The fraction of sp³-hybridized carbons (Fsp3) is 0.267. The first kappa shape index (κ1) is 13.4. The lowest BCUT2D eigenvalue weighted by Crippen LogP contribution is -2.37. The third-order valence-corrected chi connectivity index (χ3v) is 3.43. The SMILES string of the molecule is CC(=O)N1CCN=C1Nc1c(C)oc2ccccc2c1=O. The molecule has 0 saturated heterocycles. The Bertz CT molecular complexity index is 807. The molecule has 0 atom stereocenters. The number of anilines is 1. The Morgan fingerprint density at radius 1 is 1.38 bits per heavy atom. The standard InChI is InChI=1S/C15H15N3O3/c1-9-13(17-15-16-7-8-18(15)10(2)19)14(20)11-5-3-4-6-12(11)21-9/h3-6H,7-8H2,1-2H3,(H,16,17). The van der Waals surface area contributed by atoms with E-state index in [1.165, 1.54) is 11.8 Å². The molecule has 2 heterocycles. The quantitative estimate of drug-likeness (QED) is 0.866. The Morgan fingerprint density at radius 2 is 2.14 bits per heavy atom. The van der Waals surface area contributed by atoms with Crippen LogP contribution in [0.4, 0.5) is 5.69 Å². The average Bonchev–Trinajstić information content (AvgIpc) is 2.92. The lowest BCUT2D eigenvalue weighted by Gasteiger charge is -2.17. The van der Waals surface area contributed by atoms with Crippen molar-refractivity contribution in [2.24, 2.45) is 4.99 Å². The number of hydrogen-bond acceptors (Lipinski definition) is 5. The van der Waals surface area contributed by atoms with Crippen molar-refractivity contribution in [3.63, 3.8) is 0 Å². The van der Waals surface area contributed by atoms with E-state index in [-0.39, 0.29) is 11.3 Å². The topological polar surface area (TPSA) is 74.9 Å². The van der Waals surface area contributed by atoms with Gasteiger partial charge in [-0.1, -0.05) is 12.1 Å². The molecular formula is C15H15N3O3. The van der Waals surface area contributed by atoms with Crippen LogP contribution < -0.4 is 10.7 Å². The predicted octanol–water partition coefficient (Wildman–Crippen LogP) is 1.73. The van der Waals surface area contributed by atoms with Crippen LogP contribution in [0.15, 0.2) is 38.5 Å². The highest BCUT2D eigenvalue weighted by Crippen LogP contribution is 2.19. The fourth-order valence-corrected chi connectivity index (χ4v) is 2.37. The fourth-order valence-electron chi connectivity index (χ4n) is 2.37. The number of aliphatic imine (C=N–C) groups is 1. The first-order chi connectivity index (χ1) is 10.1. The summed E-state index contributed by atoms with van der Waals surface area (Å²) in [4.78, 5) is 29.8. The van der Waals surface area contributed by atoms with Crippen molar-refractivity contribution >= 4 is 28.5 Å². The third kappa shape index (κ3) is 2.29. The summed E-state index contributed by atoms with van der Waals surface area (Å²) in [5, 5.41) is 3.45. The molecule has 1 aromatic heterocycles. The highest BCUT2D eigenvalue weighted by atomic mass is 16.3. The van der Waals surface area contributed by atoms with Crippen LogP contribution in [-0.4, -0.2) is 29.9 Å². The summed E-state index contributed by atoms with van der Waals surface area (Å²) in [6.07, 6.45) is 0. The number of amides is 1. The summed E-state index contributed by atoms with van der Waals surface area (Å²) < 4.78 is 5.66. The molecule has 21 heavy (non-hydrogen) atoms. The second kappa shape index (κ2) is 5.05. The first-order valence-electron chi connectivity index (χ1n) is 6.70. The number of carbonyl (C=O) groups excluding carboxylic acids is 1. The normalized spacial score (nSPS) is 14.4. The van der Waals surface area contributed by atoms with Crippen molar-refractivity contribution in [3.05, 3.63) is 40.2 Å². The van der Waals surface area contributed by atoms with E-state index in [0.29, 0.717) is 41.5 Å². The number of aryl methyl sites for hydroxylation is 1. The van der Waals surface area contributed by atoms with E-state index >= 15 is 0 Å². The van der Waals surface area contributed by atoms with Gasteiger partial charge in [0.1, 0.15) is 17.0 Å². The maximum atomic E-state index is 12.5. The molecule has 0 fully saturated rings. The van der Waals surface area contributed by atoms with Gasteiger partial charge in [0, 0.05) is 13.5 Å². The molecule has 0 saturated carbocycles. The van der Waals surface area contributed by atoms with Crippen LogP contribution in [0, 0.1) is 6.92 Å². The van der Waals surface area contributed by atoms with E-state index in [4.69, 9.17) is 4.42 Å². The van der Waals surface area contributed by atoms with E-state index in [0.717, 1.165) is 0 Å². The molecule has 1 amide bonds. The molecule has 1 aliphatic rings. The van der Waals surface area contributed by atoms with Gasteiger partial charge in [0.2, 0.25) is 17.3 Å². The lowest BCUT2D eigenvalue weighted by molar-refractivity contribution is -0.124. The minimum atomic E-state index is -0.160. The van der Waals surface area contributed by atoms with E-state index in [1.807, 2.05) is 6.07 Å². The molecule has 0 spiro atoms. The second-order valence-electron chi connectivity index (χ2n) is 4.86. The van der Waals surface area contributed by atoms with Crippen LogP contribution in [0.25, 0.3) is 11.0 Å². The van der Waals surface area contributed by atoms with Gasteiger partial charge in [-0.3, -0.25) is 19.5 Å². The molecule has 0 unspecified atom stereocenters. The van der Waals surface area contributed by atoms with E-state index in [9.17, 15) is 9.59 Å². The summed E-state index contributed by atoms with van der Waals surface area (Å²) in [7, 11) is 0. The third-order valence-electron chi connectivity index (χ3n) is 3.43. The van der Waals surface area contributed by atoms with Crippen molar-refractivity contribution in [2.75, 3.05) is 18.4 Å². The number of benzene rings is 1. The van der Waals surface area contributed by atoms with Crippen LogP contribution in [0.5, 0.6) is 0 Å². The molecule has 6 nitrogen and oxygen atoms in total. The number of para-hydroxylation sites is 1. The Morgan fingerprint density at radius 3 is 2.90 bits per heavy atom. The van der Waals surface area contributed by atoms with Gasteiger partial charge >= 0.3 is 0 Å². The number of rotatable bonds is 1. The van der Waals surface area contributed by atoms with Crippen LogP contribution in [-0.2, 0) is 4.79 Å². The van der Waals surface area contributed by atoms with Crippen LogP contribution in [0.3, 0.4) is 0 Å². The lowest BCUT2D eigenvalue weighted by atomic mass is 10.2. The maximum Gasteiger partial charge on any atom is 0.226 e. The zero-order valence-electron chi connectivity index (χ0n) is 11.8. The Balaban J connectivity index is 2.05. The van der Waals surface area contributed by atoms with Gasteiger partial charge in [-0.2, -0.15) is 0 Å². The monoisotopic (exact) mass is 285 g/mol. The summed E-state index contributed by atoms with van der Waals surface area (Å²) in [6, 6.07) is 7.07. The summed E-state index contributed by atoms with van der Waals surface area (Å²) in [5.74, 6) is 0.756. The number of nitrogens with zero attached hydrogens (tertiary/aromatic N) is 2. The highest BCUT2D eigenvalue weighted by molar-refractivity contribution is 6.05. The molecule has 1 aliphatic heterocycles. The molecule has 3 rings (SSSR count).